The Morgan fingerprint density at radius 1 is 1.22 bits per heavy atom. The Hall–Kier alpha value is -2.04. The highest BCUT2D eigenvalue weighted by Gasteiger charge is 2.23. The summed E-state index contributed by atoms with van der Waals surface area (Å²) < 4.78 is 5.14. The van der Waals surface area contributed by atoms with Crippen LogP contribution in [0.5, 0.6) is 5.75 Å². The molecule has 0 heterocycles. The van der Waals surface area contributed by atoms with Crippen molar-refractivity contribution >= 4 is 11.9 Å². The lowest BCUT2D eigenvalue weighted by molar-refractivity contribution is -0.142. The zero-order valence-corrected chi connectivity index (χ0v) is 14.3. The minimum absolute atomic E-state index is 0.0643. The third-order valence-corrected chi connectivity index (χ3v) is 3.85. The Labute approximate surface area is 138 Å². The Balaban J connectivity index is 2.69. The molecule has 128 valence electrons. The van der Waals surface area contributed by atoms with Crippen LogP contribution in [-0.4, -0.2) is 30.1 Å². The van der Waals surface area contributed by atoms with Gasteiger partial charge in [0.15, 0.2) is 0 Å². The van der Waals surface area contributed by atoms with Gasteiger partial charge in [-0.25, -0.2) is 4.79 Å². The number of carbonyl (C=O) groups excluding carboxylic acids is 1. The van der Waals surface area contributed by atoms with Gasteiger partial charge in [0.2, 0.25) is 5.91 Å². The predicted molar refractivity (Wildman–Crippen MR) is 89.7 cm³/mol. The molecule has 0 spiro atoms. The number of nitrogens with one attached hydrogen (secondary N) is 1. The minimum Gasteiger partial charge on any atom is -0.497 e. The number of ether oxygens (including phenoxy) is 1. The summed E-state index contributed by atoms with van der Waals surface area (Å²) in [6.45, 7) is 5.90. The van der Waals surface area contributed by atoms with Crippen LogP contribution in [0.4, 0.5) is 0 Å². The summed E-state index contributed by atoms with van der Waals surface area (Å²) >= 11 is 0. The van der Waals surface area contributed by atoms with Crippen LogP contribution >= 0.6 is 0 Å². The number of amides is 1. The van der Waals surface area contributed by atoms with Gasteiger partial charge < -0.3 is 15.2 Å². The molecule has 23 heavy (non-hydrogen) atoms. The standard InChI is InChI=1S/C18H27NO4/c1-5-13(14-6-8-15(23-4)9-7-14)11-17(20)19-16(18(21)22)10-12(2)3/h6-9,12-13,16H,5,10-11H2,1-4H3,(H,19,20)(H,21,22)/t13?,16-/m0/s1. The summed E-state index contributed by atoms with van der Waals surface area (Å²) in [6.07, 6.45) is 1.52. The molecule has 0 saturated carbocycles. The van der Waals surface area contributed by atoms with Crippen molar-refractivity contribution in [2.45, 2.75) is 52.0 Å². The fourth-order valence-corrected chi connectivity index (χ4v) is 2.54. The van der Waals surface area contributed by atoms with Gasteiger partial charge in [-0.05, 0) is 42.4 Å². The van der Waals surface area contributed by atoms with E-state index >= 15 is 0 Å². The van der Waals surface area contributed by atoms with Gasteiger partial charge in [0.05, 0.1) is 7.11 Å². The second-order valence-electron chi connectivity index (χ2n) is 6.17. The highest BCUT2D eigenvalue weighted by Crippen LogP contribution is 2.25. The van der Waals surface area contributed by atoms with Crippen molar-refractivity contribution in [2.24, 2.45) is 5.92 Å². The number of carboxylic acid groups (broad SMARTS) is 1. The molecule has 0 saturated heterocycles. The molecule has 1 unspecified atom stereocenters. The number of carboxylic acids is 1. The number of hydrogen-bond acceptors (Lipinski definition) is 3. The Morgan fingerprint density at radius 2 is 1.83 bits per heavy atom. The topological polar surface area (TPSA) is 75.6 Å². The summed E-state index contributed by atoms with van der Waals surface area (Å²) in [4.78, 5) is 23.4. The van der Waals surface area contributed by atoms with Crippen LogP contribution in [0.2, 0.25) is 0 Å². The molecular weight excluding hydrogens is 294 g/mol. The van der Waals surface area contributed by atoms with Gasteiger partial charge in [0, 0.05) is 6.42 Å². The number of rotatable bonds is 9. The molecule has 0 bridgehead atoms. The van der Waals surface area contributed by atoms with Crippen LogP contribution in [0.15, 0.2) is 24.3 Å². The second kappa shape index (κ2) is 9.18. The van der Waals surface area contributed by atoms with Crippen molar-refractivity contribution in [1.29, 1.82) is 0 Å². The lowest BCUT2D eigenvalue weighted by Gasteiger charge is -2.19. The molecule has 1 amide bonds. The van der Waals surface area contributed by atoms with Crippen LogP contribution in [-0.2, 0) is 9.59 Å². The first kappa shape index (κ1) is 19.0. The number of methoxy groups -OCH3 is 1. The second-order valence-corrected chi connectivity index (χ2v) is 6.17. The first-order valence-electron chi connectivity index (χ1n) is 8.03. The quantitative estimate of drug-likeness (QED) is 0.732. The van der Waals surface area contributed by atoms with Crippen molar-refractivity contribution in [1.82, 2.24) is 5.32 Å². The Bertz CT molecular complexity index is 510. The highest BCUT2D eigenvalue weighted by molar-refractivity contribution is 5.83. The molecule has 1 aromatic carbocycles. The largest absolute Gasteiger partial charge is 0.497 e. The molecule has 0 radical (unpaired) electrons. The van der Waals surface area contributed by atoms with Crippen LogP contribution in [0, 0.1) is 5.92 Å². The van der Waals surface area contributed by atoms with Gasteiger partial charge in [0.25, 0.3) is 0 Å². The van der Waals surface area contributed by atoms with Crippen molar-refractivity contribution < 1.29 is 19.4 Å². The maximum absolute atomic E-state index is 12.2. The summed E-state index contributed by atoms with van der Waals surface area (Å²) in [7, 11) is 1.61. The lowest BCUT2D eigenvalue weighted by Crippen LogP contribution is -2.42. The van der Waals surface area contributed by atoms with E-state index in [0.717, 1.165) is 17.7 Å². The van der Waals surface area contributed by atoms with Crippen molar-refractivity contribution in [2.75, 3.05) is 7.11 Å². The fraction of sp³-hybridized carbons (Fsp3) is 0.556. The average molecular weight is 321 g/mol. The SMILES string of the molecule is CCC(CC(=O)N[C@@H](CC(C)C)C(=O)O)c1ccc(OC)cc1. The average Bonchev–Trinajstić information content (AvgIpc) is 2.51. The maximum atomic E-state index is 12.2. The number of aliphatic carboxylic acids is 1. The van der Waals surface area contributed by atoms with Crippen molar-refractivity contribution in [3.05, 3.63) is 29.8 Å². The van der Waals surface area contributed by atoms with Crippen LogP contribution in [0.1, 0.15) is 51.5 Å². The van der Waals surface area contributed by atoms with E-state index in [1.807, 2.05) is 45.0 Å². The van der Waals surface area contributed by atoms with Crippen molar-refractivity contribution in [3.8, 4) is 5.75 Å². The normalized spacial score (nSPS) is 13.4. The Morgan fingerprint density at radius 3 is 2.26 bits per heavy atom. The minimum atomic E-state index is -0.982. The van der Waals surface area contributed by atoms with E-state index in [1.165, 1.54) is 0 Å². The smallest absolute Gasteiger partial charge is 0.326 e. The fourth-order valence-electron chi connectivity index (χ4n) is 2.54. The first-order chi connectivity index (χ1) is 10.9. The molecule has 5 heteroatoms. The third-order valence-electron chi connectivity index (χ3n) is 3.85. The molecule has 0 fully saturated rings. The van der Waals surface area contributed by atoms with Gasteiger partial charge in [-0.3, -0.25) is 4.79 Å². The van der Waals surface area contributed by atoms with E-state index in [1.54, 1.807) is 7.11 Å². The summed E-state index contributed by atoms with van der Waals surface area (Å²) in [5, 5.41) is 11.9. The van der Waals surface area contributed by atoms with Crippen LogP contribution < -0.4 is 10.1 Å². The molecule has 1 rings (SSSR count). The molecule has 0 aromatic heterocycles. The van der Waals surface area contributed by atoms with E-state index < -0.39 is 12.0 Å². The molecule has 0 aliphatic rings. The van der Waals surface area contributed by atoms with E-state index in [2.05, 4.69) is 5.32 Å². The van der Waals surface area contributed by atoms with Gasteiger partial charge in [-0.2, -0.15) is 0 Å². The monoisotopic (exact) mass is 321 g/mol. The van der Waals surface area contributed by atoms with E-state index in [9.17, 15) is 14.7 Å². The van der Waals surface area contributed by atoms with Gasteiger partial charge in [-0.1, -0.05) is 32.9 Å². The number of hydrogen-bond donors (Lipinski definition) is 2. The van der Waals surface area contributed by atoms with Crippen LogP contribution in [0.25, 0.3) is 0 Å². The summed E-state index contributed by atoms with van der Waals surface area (Å²) in [6, 6.07) is 6.81. The van der Waals surface area contributed by atoms with E-state index in [4.69, 9.17) is 4.74 Å². The van der Waals surface area contributed by atoms with E-state index in [0.29, 0.717) is 6.42 Å². The zero-order valence-electron chi connectivity index (χ0n) is 14.3. The third kappa shape index (κ3) is 6.30. The number of carbonyl (C=O) groups is 2. The first-order valence-corrected chi connectivity index (χ1v) is 8.03. The molecule has 2 atom stereocenters. The van der Waals surface area contributed by atoms with Gasteiger partial charge in [-0.15, -0.1) is 0 Å². The summed E-state index contributed by atoms with van der Waals surface area (Å²) in [5.41, 5.74) is 1.05. The molecule has 0 aliphatic heterocycles. The zero-order chi connectivity index (χ0) is 17.4. The summed E-state index contributed by atoms with van der Waals surface area (Å²) in [5.74, 6) is -0.157. The lowest BCUT2D eigenvalue weighted by atomic mass is 9.92. The molecular formula is C18H27NO4. The number of benzene rings is 1. The molecule has 2 N–H and O–H groups in total. The maximum Gasteiger partial charge on any atom is 0.326 e. The molecule has 0 aliphatic carbocycles. The van der Waals surface area contributed by atoms with Crippen LogP contribution in [0.3, 0.4) is 0 Å². The van der Waals surface area contributed by atoms with Gasteiger partial charge >= 0.3 is 5.97 Å². The Kier molecular flexibility index (Phi) is 7.59. The highest BCUT2D eigenvalue weighted by atomic mass is 16.5. The van der Waals surface area contributed by atoms with E-state index in [-0.39, 0.29) is 24.2 Å². The van der Waals surface area contributed by atoms with Crippen molar-refractivity contribution in [3.63, 3.8) is 0 Å². The van der Waals surface area contributed by atoms with Gasteiger partial charge in [0.1, 0.15) is 11.8 Å². The predicted octanol–water partition coefficient (Wildman–Crippen LogP) is 3.19. The molecule has 1 aromatic rings. The molecule has 5 nitrogen and oxygen atoms in total.